The van der Waals surface area contributed by atoms with Crippen LogP contribution in [0.5, 0.6) is 0 Å². The van der Waals surface area contributed by atoms with E-state index in [9.17, 15) is 9.59 Å². The standard InChI is InChI=1S/C24H45NO3/c1-4-7-8-9-10-11-12-13-14-15-16-17-18-19-20-22(21-23(26)27)24(28)25(5-2)6-3/h9-10,22H,4-8,11-21H2,1-3H3,(H,26,27)/b10-9+. The Morgan fingerprint density at radius 2 is 1.29 bits per heavy atom. The van der Waals surface area contributed by atoms with Crippen LogP contribution in [0.3, 0.4) is 0 Å². The fourth-order valence-electron chi connectivity index (χ4n) is 3.59. The minimum absolute atomic E-state index is 0.0103. The summed E-state index contributed by atoms with van der Waals surface area (Å²) < 4.78 is 0. The van der Waals surface area contributed by atoms with Crippen LogP contribution >= 0.6 is 0 Å². The maximum atomic E-state index is 12.5. The van der Waals surface area contributed by atoms with E-state index in [1.807, 2.05) is 13.8 Å². The summed E-state index contributed by atoms with van der Waals surface area (Å²) in [6.07, 6.45) is 20.0. The lowest BCUT2D eigenvalue weighted by atomic mass is 9.95. The van der Waals surface area contributed by atoms with Gasteiger partial charge in [0.05, 0.1) is 6.42 Å². The Kier molecular flexibility index (Phi) is 18.1. The molecule has 0 aliphatic carbocycles. The van der Waals surface area contributed by atoms with Gasteiger partial charge in [0.1, 0.15) is 0 Å². The molecule has 0 bridgehead atoms. The molecular formula is C24H45NO3. The maximum absolute atomic E-state index is 12.5. The lowest BCUT2D eigenvalue weighted by molar-refractivity contribution is -0.144. The van der Waals surface area contributed by atoms with Crippen LogP contribution in [0, 0.1) is 5.92 Å². The van der Waals surface area contributed by atoms with Crippen molar-refractivity contribution in [2.45, 2.75) is 111 Å². The molecular weight excluding hydrogens is 350 g/mol. The highest BCUT2D eigenvalue weighted by atomic mass is 16.4. The third-order valence-electron chi connectivity index (χ3n) is 5.41. The van der Waals surface area contributed by atoms with Crippen molar-refractivity contribution in [3.63, 3.8) is 0 Å². The van der Waals surface area contributed by atoms with Gasteiger partial charge < -0.3 is 10.0 Å². The van der Waals surface area contributed by atoms with Crippen LogP contribution in [-0.2, 0) is 9.59 Å². The van der Waals surface area contributed by atoms with E-state index in [2.05, 4.69) is 19.1 Å². The fourth-order valence-corrected chi connectivity index (χ4v) is 3.59. The van der Waals surface area contributed by atoms with Crippen LogP contribution in [0.4, 0.5) is 0 Å². The van der Waals surface area contributed by atoms with Gasteiger partial charge >= 0.3 is 5.97 Å². The molecule has 0 radical (unpaired) electrons. The first-order chi connectivity index (χ1) is 13.6. The highest BCUT2D eigenvalue weighted by molar-refractivity contribution is 5.83. The Labute approximate surface area is 173 Å². The zero-order valence-corrected chi connectivity index (χ0v) is 18.8. The van der Waals surface area contributed by atoms with E-state index in [0.29, 0.717) is 19.5 Å². The van der Waals surface area contributed by atoms with Gasteiger partial charge in [0.2, 0.25) is 5.91 Å². The second-order valence-electron chi connectivity index (χ2n) is 7.82. The Morgan fingerprint density at radius 3 is 1.79 bits per heavy atom. The van der Waals surface area contributed by atoms with E-state index < -0.39 is 5.97 Å². The van der Waals surface area contributed by atoms with Crippen LogP contribution in [-0.4, -0.2) is 35.0 Å². The summed E-state index contributed by atoms with van der Waals surface area (Å²) in [7, 11) is 0. The Morgan fingerprint density at radius 1 is 0.786 bits per heavy atom. The monoisotopic (exact) mass is 395 g/mol. The lowest BCUT2D eigenvalue weighted by Crippen LogP contribution is -2.36. The molecule has 0 heterocycles. The molecule has 4 heteroatoms. The minimum atomic E-state index is -0.870. The number of unbranched alkanes of at least 4 members (excludes halogenated alkanes) is 10. The molecule has 0 aliphatic rings. The number of hydrogen-bond acceptors (Lipinski definition) is 2. The van der Waals surface area contributed by atoms with Gasteiger partial charge in [0.25, 0.3) is 0 Å². The first-order valence-corrected chi connectivity index (χ1v) is 11.7. The van der Waals surface area contributed by atoms with Crippen molar-refractivity contribution in [2.75, 3.05) is 13.1 Å². The van der Waals surface area contributed by atoms with Crippen molar-refractivity contribution >= 4 is 11.9 Å². The van der Waals surface area contributed by atoms with Crippen LogP contribution < -0.4 is 0 Å². The molecule has 0 aromatic heterocycles. The Bertz CT molecular complexity index is 416. The summed E-state index contributed by atoms with van der Waals surface area (Å²) >= 11 is 0. The summed E-state index contributed by atoms with van der Waals surface area (Å²) in [5, 5.41) is 9.10. The molecule has 0 rings (SSSR count). The third kappa shape index (κ3) is 14.7. The molecule has 1 N–H and O–H groups in total. The lowest BCUT2D eigenvalue weighted by Gasteiger charge is -2.24. The van der Waals surface area contributed by atoms with E-state index in [0.717, 1.165) is 12.8 Å². The Hall–Kier alpha value is -1.32. The summed E-state index contributed by atoms with van der Waals surface area (Å²) in [5.41, 5.74) is 0. The molecule has 1 amide bonds. The molecule has 0 spiro atoms. The molecule has 0 aromatic rings. The Balaban J connectivity index is 3.76. The summed E-state index contributed by atoms with van der Waals surface area (Å²) in [5.74, 6) is -1.22. The predicted octanol–water partition coefficient (Wildman–Crippen LogP) is 6.59. The van der Waals surface area contributed by atoms with Gasteiger partial charge in [0, 0.05) is 19.0 Å². The predicted molar refractivity (Wildman–Crippen MR) is 119 cm³/mol. The highest BCUT2D eigenvalue weighted by Gasteiger charge is 2.24. The topological polar surface area (TPSA) is 57.6 Å². The number of nitrogens with zero attached hydrogens (tertiary/aromatic N) is 1. The number of carbonyl (C=O) groups excluding carboxylic acids is 1. The van der Waals surface area contributed by atoms with Gasteiger partial charge in [-0.1, -0.05) is 76.9 Å². The molecule has 4 nitrogen and oxygen atoms in total. The first kappa shape index (κ1) is 26.7. The SMILES string of the molecule is CCCC/C=C/CCCCCCCCCCC(CC(=O)O)C(=O)N(CC)CC. The van der Waals surface area contributed by atoms with E-state index in [1.54, 1.807) is 4.90 Å². The number of carboxylic acids is 1. The summed E-state index contributed by atoms with van der Waals surface area (Å²) in [4.78, 5) is 25.3. The summed E-state index contributed by atoms with van der Waals surface area (Å²) in [6.45, 7) is 7.43. The second-order valence-corrected chi connectivity index (χ2v) is 7.82. The van der Waals surface area contributed by atoms with E-state index in [-0.39, 0.29) is 18.2 Å². The summed E-state index contributed by atoms with van der Waals surface area (Å²) in [6, 6.07) is 0. The van der Waals surface area contributed by atoms with Crippen LogP contribution in [0.1, 0.15) is 111 Å². The van der Waals surface area contributed by atoms with Crippen molar-refractivity contribution in [1.29, 1.82) is 0 Å². The van der Waals surface area contributed by atoms with Crippen molar-refractivity contribution in [3.05, 3.63) is 12.2 Å². The molecule has 0 aromatic carbocycles. The van der Waals surface area contributed by atoms with Gasteiger partial charge in [0.15, 0.2) is 0 Å². The molecule has 0 saturated carbocycles. The smallest absolute Gasteiger partial charge is 0.304 e. The molecule has 0 aliphatic heterocycles. The van der Waals surface area contributed by atoms with E-state index in [4.69, 9.17) is 5.11 Å². The molecule has 0 fully saturated rings. The normalized spacial score (nSPS) is 12.4. The third-order valence-corrected chi connectivity index (χ3v) is 5.41. The molecule has 0 saturated heterocycles. The number of carbonyl (C=O) groups is 2. The van der Waals surface area contributed by atoms with Crippen molar-refractivity contribution in [1.82, 2.24) is 4.90 Å². The quantitative estimate of drug-likeness (QED) is 0.198. The van der Waals surface area contributed by atoms with Crippen LogP contribution in [0.25, 0.3) is 0 Å². The molecule has 28 heavy (non-hydrogen) atoms. The zero-order valence-electron chi connectivity index (χ0n) is 18.8. The minimum Gasteiger partial charge on any atom is -0.481 e. The molecule has 1 atom stereocenters. The molecule has 164 valence electrons. The maximum Gasteiger partial charge on any atom is 0.304 e. The van der Waals surface area contributed by atoms with E-state index >= 15 is 0 Å². The number of rotatable bonds is 19. The van der Waals surface area contributed by atoms with Gasteiger partial charge in [-0.25, -0.2) is 0 Å². The number of hydrogen-bond donors (Lipinski definition) is 1. The molecule has 1 unspecified atom stereocenters. The fraction of sp³-hybridized carbons (Fsp3) is 0.833. The first-order valence-electron chi connectivity index (χ1n) is 11.7. The second kappa shape index (κ2) is 19.0. The number of carboxylic acid groups (broad SMARTS) is 1. The van der Waals surface area contributed by atoms with Gasteiger partial charge in [-0.2, -0.15) is 0 Å². The highest BCUT2D eigenvalue weighted by Crippen LogP contribution is 2.18. The number of allylic oxidation sites excluding steroid dienone is 2. The van der Waals surface area contributed by atoms with Crippen molar-refractivity contribution < 1.29 is 14.7 Å². The van der Waals surface area contributed by atoms with Crippen molar-refractivity contribution in [3.8, 4) is 0 Å². The van der Waals surface area contributed by atoms with Gasteiger partial charge in [-0.05, 0) is 39.5 Å². The van der Waals surface area contributed by atoms with Gasteiger partial charge in [-0.15, -0.1) is 0 Å². The van der Waals surface area contributed by atoms with Crippen LogP contribution in [0.15, 0.2) is 12.2 Å². The van der Waals surface area contributed by atoms with Gasteiger partial charge in [-0.3, -0.25) is 9.59 Å². The average molecular weight is 396 g/mol. The average Bonchev–Trinajstić information content (AvgIpc) is 2.67. The van der Waals surface area contributed by atoms with E-state index in [1.165, 1.54) is 64.2 Å². The van der Waals surface area contributed by atoms with Crippen molar-refractivity contribution in [2.24, 2.45) is 5.92 Å². The zero-order chi connectivity index (χ0) is 21.0. The number of amides is 1. The largest absolute Gasteiger partial charge is 0.481 e. The number of aliphatic carboxylic acids is 1. The van der Waals surface area contributed by atoms with Crippen LogP contribution in [0.2, 0.25) is 0 Å².